The molecule has 0 bridgehead atoms. The molecule has 0 radical (unpaired) electrons. The molecule has 0 unspecified atom stereocenters. The van der Waals surface area contributed by atoms with Gasteiger partial charge in [0.25, 0.3) is 0 Å². The van der Waals surface area contributed by atoms with Crippen molar-refractivity contribution >= 4 is 34.3 Å². The number of nitrogens with two attached hydrogens (primary N) is 1. The highest BCUT2D eigenvalue weighted by Crippen LogP contribution is 2.28. The van der Waals surface area contributed by atoms with Crippen LogP contribution in [0.4, 0.5) is 11.4 Å². The Bertz CT molecular complexity index is 1920. The van der Waals surface area contributed by atoms with Gasteiger partial charge in [0, 0.05) is 41.0 Å². The van der Waals surface area contributed by atoms with E-state index in [1.807, 2.05) is 50.2 Å². The number of aromatic nitrogens is 1. The number of hydrogen-bond acceptors (Lipinski definition) is 9. The Balaban J connectivity index is 0.000000363. The van der Waals surface area contributed by atoms with Crippen LogP contribution in [0.1, 0.15) is 36.6 Å². The zero-order valence-electron chi connectivity index (χ0n) is 28.4. The molecule has 0 saturated heterocycles. The van der Waals surface area contributed by atoms with Crippen molar-refractivity contribution < 1.29 is 29.6 Å². The van der Waals surface area contributed by atoms with E-state index in [1.54, 1.807) is 43.5 Å². The van der Waals surface area contributed by atoms with Gasteiger partial charge < -0.3 is 46.1 Å². The lowest BCUT2D eigenvalue weighted by molar-refractivity contribution is -0.131. The standard InChI is InChI=1S/C29H34N4O4.C10H10O3/c1-29(2,30)18-37-22-9-7-21(8-10-22)32-20-5-3-19(4-6-20)15-16-31-17-26(35)23-11-13-25(34)28-24(23)12-14-27(36)33-28;1-13-9-5-2-8(3-6-9)4-7-10(11)12/h3-14,26,31-32,34-35H,15-18,30H2,1-2H3,(H,33,36);2-7H,1H3,(H,11,12)/t26-;/m0./s1. The van der Waals surface area contributed by atoms with Crippen LogP contribution >= 0.6 is 0 Å². The summed E-state index contributed by atoms with van der Waals surface area (Å²) in [6.45, 7) is 5.34. The zero-order chi connectivity index (χ0) is 36.1. The van der Waals surface area contributed by atoms with Crippen LogP contribution in [0.5, 0.6) is 17.2 Å². The topological polar surface area (TPSA) is 179 Å². The summed E-state index contributed by atoms with van der Waals surface area (Å²) >= 11 is 0. The number of phenolic OH excluding ortho intramolecular Hbond substituents is 1. The van der Waals surface area contributed by atoms with Gasteiger partial charge in [-0.15, -0.1) is 0 Å². The Kier molecular flexibility index (Phi) is 13.2. The van der Waals surface area contributed by atoms with Crippen molar-refractivity contribution in [1.82, 2.24) is 10.3 Å². The van der Waals surface area contributed by atoms with Crippen molar-refractivity contribution in [3.05, 3.63) is 130 Å². The summed E-state index contributed by atoms with van der Waals surface area (Å²) in [7, 11) is 1.59. The Morgan fingerprint density at radius 2 is 1.56 bits per heavy atom. The van der Waals surface area contributed by atoms with Gasteiger partial charge in [-0.3, -0.25) is 4.79 Å². The molecule has 0 aliphatic rings. The quantitative estimate of drug-likeness (QED) is 0.0564. The van der Waals surface area contributed by atoms with E-state index >= 15 is 0 Å². The van der Waals surface area contributed by atoms with Crippen LogP contribution in [0.3, 0.4) is 0 Å². The molecule has 0 saturated carbocycles. The summed E-state index contributed by atoms with van der Waals surface area (Å²) in [4.78, 5) is 24.4. The van der Waals surface area contributed by atoms with Crippen LogP contribution in [-0.4, -0.2) is 58.6 Å². The number of fused-ring (bicyclic) bond motifs is 1. The monoisotopic (exact) mass is 680 g/mol. The minimum Gasteiger partial charge on any atom is -0.506 e. The summed E-state index contributed by atoms with van der Waals surface area (Å²) in [5.41, 5.74) is 10.2. The van der Waals surface area contributed by atoms with Crippen molar-refractivity contribution in [2.75, 3.05) is 32.1 Å². The third kappa shape index (κ3) is 11.8. The van der Waals surface area contributed by atoms with E-state index in [0.29, 0.717) is 36.2 Å². The van der Waals surface area contributed by atoms with Gasteiger partial charge in [0.15, 0.2) is 0 Å². The van der Waals surface area contributed by atoms with Crippen LogP contribution in [0.2, 0.25) is 0 Å². The highest BCUT2D eigenvalue weighted by molar-refractivity contribution is 5.87. The number of carbonyl (C=O) groups is 1. The van der Waals surface area contributed by atoms with E-state index in [4.69, 9.17) is 20.3 Å². The van der Waals surface area contributed by atoms with Crippen molar-refractivity contribution in [3.63, 3.8) is 0 Å². The number of carboxylic acids is 1. The minimum atomic E-state index is -0.948. The third-order valence-electron chi connectivity index (χ3n) is 7.44. The number of anilines is 2. The Labute approximate surface area is 291 Å². The van der Waals surface area contributed by atoms with Crippen LogP contribution in [0, 0.1) is 0 Å². The maximum atomic E-state index is 11.6. The molecule has 0 aliphatic carbocycles. The van der Waals surface area contributed by atoms with Crippen molar-refractivity contribution in [1.29, 1.82) is 0 Å². The van der Waals surface area contributed by atoms with Gasteiger partial charge in [-0.25, -0.2) is 4.79 Å². The molecule has 11 heteroatoms. The largest absolute Gasteiger partial charge is 0.506 e. The predicted octanol–water partition coefficient (Wildman–Crippen LogP) is 5.75. The zero-order valence-corrected chi connectivity index (χ0v) is 28.4. The molecule has 0 spiro atoms. The van der Waals surface area contributed by atoms with E-state index in [9.17, 15) is 19.8 Å². The molecule has 11 nitrogen and oxygen atoms in total. The lowest BCUT2D eigenvalue weighted by Crippen LogP contribution is -2.38. The van der Waals surface area contributed by atoms with Gasteiger partial charge in [0.2, 0.25) is 5.56 Å². The third-order valence-corrected chi connectivity index (χ3v) is 7.44. The first-order valence-electron chi connectivity index (χ1n) is 16.1. The molecule has 1 aromatic heterocycles. The number of hydrogen-bond donors (Lipinski definition) is 7. The molecular formula is C39H44N4O7. The van der Waals surface area contributed by atoms with Gasteiger partial charge in [0.05, 0.1) is 18.7 Å². The lowest BCUT2D eigenvalue weighted by Gasteiger charge is -2.19. The number of methoxy groups -OCH3 is 1. The van der Waals surface area contributed by atoms with E-state index in [0.717, 1.165) is 40.9 Å². The van der Waals surface area contributed by atoms with Gasteiger partial charge in [-0.2, -0.15) is 0 Å². The predicted molar refractivity (Wildman–Crippen MR) is 197 cm³/mol. The van der Waals surface area contributed by atoms with E-state index < -0.39 is 12.1 Å². The minimum absolute atomic E-state index is 0.0211. The summed E-state index contributed by atoms with van der Waals surface area (Å²) in [5, 5.41) is 36.3. The molecule has 1 atom stereocenters. The smallest absolute Gasteiger partial charge is 0.328 e. The first-order valence-corrected chi connectivity index (χ1v) is 16.1. The fraction of sp³-hybridized carbons (Fsp3) is 0.231. The number of H-pyrrole nitrogens is 1. The Morgan fingerprint density at radius 1 is 0.920 bits per heavy atom. The van der Waals surface area contributed by atoms with Crippen LogP contribution in [0.25, 0.3) is 17.0 Å². The number of nitrogens with one attached hydrogen (secondary N) is 3. The highest BCUT2D eigenvalue weighted by atomic mass is 16.5. The number of aromatic amines is 1. The number of pyridine rings is 1. The number of aliphatic hydroxyl groups is 1. The van der Waals surface area contributed by atoms with Crippen LogP contribution < -0.4 is 31.4 Å². The number of ether oxygens (including phenoxy) is 2. The molecule has 0 fully saturated rings. The summed E-state index contributed by atoms with van der Waals surface area (Å²) < 4.78 is 10.7. The van der Waals surface area contributed by atoms with E-state index in [2.05, 4.69) is 27.8 Å². The van der Waals surface area contributed by atoms with E-state index in [-0.39, 0.29) is 16.8 Å². The average molecular weight is 681 g/mol. The fourth-order valence-electron chi connectivity index (χ4n) is 4.84. The highest BCUT2D eigenvalue weighted by Gasteiger charge is 2.14. The van der Waals surface area contributed by atoms with Crippen molar-refractivity contribution in [3.8, 4) is 17.2 Å². The molecule has 8 N–H and O–H groups in total. The number of aromatic hydroxyl groups is 1. The molecule has 50 heavy (non-hydrogen) atoms. The normalized spacial score (nSPS) is 11.9. The molecule has 5 aromatic rings. The SMILES string of the molecule is CC(C)(N)COc1ccc(Nc2ccc(CCNC[C@H](O)c3ccc(O)c4[nH]c(=O)ccc34)cc2)cc1.COc1ccc(C=CC(=O)O)cc1. The first kappa shape index (κ1) is 37.2. The lowest BCUT2D eigenvalue weighted by atomic mass is 10.0. The van der Waals surface area contributed by atoms with Crippen molar-refractivity contribution in [2.24, 2.45) is 5.73 Å². The molecule has 1 heterocycles. The molecule has 262 valence electrons. The van der Waals surface area contributed by atoms with Crippen molar-refractivity contribution in [2.45, 2.75) is 31.9 Å². The first-order chi connectivity index (χ1) is 23.9. The number of phenols is 1. The second-order valence-corrected chi connectivity index (χ2v) is 12.3. The second-order valence-electron chi connectivity index (χ2n) is 12.3. The number of rotatable bonds is 14. The number of carboxylic acid groups (broad SMARTS) is 1. The molecule has 0 amide bonds. The number of aliphatic carboxylic acids is 1. The fourth-order valence-corrected chi connectivity index (χ4v) is 4.84. The summed E-state index contributed by atoms with van der Waals surface area (Å²) in [5.74, 6) is 0.570. The summed E-state index contributed by atoms with van der Waals surface area (Å²) in [6.07, 6.45) is 2.66. The molecule has 4 aromatic carbocycles. The maximum Gasteiger partial charge on any atom is 0.328 e. The Hall–Kier alpha value is -5.62. The Morgan fingerprint density at radius 3 is 2.18 bits per heavy atom. The molecular weight excluding hydrogens is 636 g/mol. The molecule has 0 aliphatic heterocycles. The van der Waals surface area contributed by atoms with Gasteiger partial charge in [-0.05, 0) is 110 Å². The second kappa shape index (κ2) is 17.7. The van der Waals surface area contributed by atoms with Gasteiger partial charge in [-0.1, -0.05) is 30.3 Å². The van der Waals surface area contributed by atoms with E-state index in [1.165, 1.54) is 23.8 Å². The van der Waals surface area contributed by atoms with Crippen LogP contribution in [-0.2, 0) is 11.2 Å². The maximum absolute atomic E-state index is 11.6. The average Bonchev–Trinajstić information content (AvgIpc) is 3.10. The summed E-state index contributed by atoms with van der Waals surface area (Å²) in [6, 6.07) is 29.3. The van der Waals surface area contributed by atoms with Gasteiger partial charge in [0.1, 0.15) is 23.9 Å². The molecule has 5 rings (SSSR count). The number of aliphatic hydroxyl groups excluding tert-OH is 1. The van der Waals surface area contributed by atoms with Crippen LogP contribution in [0.15, 0.2) is 108 Å². The number of benzene rings is 4. The van der Waals surface area contributed by atoms with Gasteiger partial charge >= 0.3 is 5.97 Å².